The van der Waals surface area contributed by atoms with E-state index in [0.29, 0.717) is 4.88 Å². The van der Waals surface area contributed by atoms with Gasteiger partial charge in [0.25, 0.3) is 5.91 Å². The molecule has 1 amide bonds. The third-order valence-electron chi connectivity index (χ3n) is 2.85. The average molecular weight is 277 g/mol. The third-order valence-corrected chi connectivity index (χ3v) is 4.11. The molecule has 2 aromatic rings. The van der Waals surface area contributed by atoms with Crippen LogP contribution in [-0.2, 0) is 9.53 Å². The second-order valence-electron chi connectivity index (χ2n) is 4.42. The first-order chi connectivity index (χ1) is 9.00. The van der Waals surface area contributed by atoms with E-state index in [1.807, 2.05) is 31.2 Å². The number of amides is 1. The highest BCUT2D eigenvalue weighted by Crippen LogP contribution is 2.30. The van der Waals surface area contributed by atoms with Crippen molar-refractivity contribution >= 4 is 33.3 Å². The van der Waals surface area contributed by atoms with Gasteiger partial charge in [-0.05, 0) is 23.9 Å². The lowest BCUT2D eigenvalue weighted by atomic mass is 10.1. The van der Waals surface area contributed by atoms with Crippen molar-refractivity contribution in [3.63, 3.8) is 0 Å². The van der Waals surface area contributed by atoms with Gasteiger partial charge in [-0.3, -0.25) is 4.79 Å². The van der Waals surface area contributed by atoms with Crippen LogP contribution in [0.5, 0.6) is 0 Å². The number of thiophene rings is 1. The highest BCUT2D eigenvalue weighted by molar-refractivity contribution is 7.21. The molecule has 2 rings (SSSR count). The Bertz CT molecular complexity index is 631. The molecule has 0 spiro atoms. The van der Waals surface area contributed by atoms with Gasteiger partial charge in [-0.2, -0.15) is 0 Å². The molecular formula is C14H15NO3S. The smallest absolute Gasteiger partial charge is 0.349 e. The van der Waals surface area contributed by atoms with Gasteiger partial charge in [0, 0.05) is 18.8 Å². The summed E-state index contributed by atoms with van der Waals surface area (Å²) < 4.78 is 6.09. The van der Waals surface area contributed by atoms with Gasteiger partial charge in [-0.15, -0.1) is 11.3 Å². The number of esters is 1. The predicted octanol–water partition coefficient (Wildman–Crippen LogP) is 2.45. The van der Waals surface area contributed by atoms with Crippen molar-refractivity contribution in [3.05, 3.63) is 34.7 Å². The Morgan fingerprint density at radius 3 is 2.58 bits per heavy atom. The number of nitrogens with zero attached hydrogens (tertiary/aromatic N) is 1. The average Bonchev–Trinajstić information content (AvgIpc) is 2.73. The monoisotopic (exact) mass is 277 g/mol. The zero-order valence-electron chi connectivity index (χ0n) is 11.1. The molecule has 0 saturated carbocycles. The molecule has 0 N–H and O–H groups in total. The maximum absolute atomic E-state index is 12.0. The molecule has 0 aliphatic rings. The van der Waals surface area contributed by atoms with Crippen molar-refractivity contribution in [3.8, 4) is 0 Å². The number of likely N-dealkylation sites (N-methyl/N-ethyl adjacent to an activating group) is 1. The van der Waals surface area contributed by atoms with Crippen LogP contribution in [-0.4, -0.2) is 37.5 Å². The van der Waals surface area contributed by atoms with Gasteiger partial charge in [0.15, 0.2) is 6.61 Å². The lowest BCUT2D eigenvalue weighted by Gasteiger charge is -2.10. The fraction of sp³-hybridized carbons (Fsp3) is 0.286. The molecule has 0 saturated heterocycles. The van der Waals surface area contributed by atoms with Crippen LogP contribution in [0.25, 0.3) is 10.1 Å². The summed E-state index contributed by atoms with van der Waals surface area (Å²) in [6, 6.07) is 7.81. The van der Waals surface area contributed by atoms with Crippen molar-refractivity contribution in [2.45, 2.75) is 6.92 Å². The zero-order valence-corrected chi connectivity index (χ0v) is 11.9. The minimum atomic E-state index is -0.436. The number of hydrogen-bond acceptors (Lipinski definition) is 4. The van der Waals surface area contributed by atoms with Crippen LogP contribution in [0.2, 0.25) is 0 Å². The molecule has 0 radical (unpaired) electrons. The van der Waals surface area contributed by atoms with E-state index in [4.69, 9.17) is 4.74 Å². The Hall–Kier alpha value is -1.88. The summed E-state index contributed by atoms with van der Waals surface area (Å²) >= 11 is 1.39. The highest BCUT2D eigenvalue weighted by Gasteiger charge is 2.17. The summed E-state index contributed by atoms with van der Waals surface area (Å²) in [5, 5.41) is 1.05. The lowest BCUT2D eigenvalue weighted by molar-refractivity contribution is -0.131. The molecule has 1 heterocycles. The second-order valence-corrected chi connectivity index (χ2v) is 5.47. The van der Waals surface area contributed by atoms with Crippen LogP contribution < -0.4 is 0 Å². The van der Waals surface area contributed by atoms with E-state index in [1.54, 1.807) is 14.1 Å². The molecule has 1 aromatic heterocycles. The number of ether oxygens (including phenoxy) is 1. The van der Waals surface area contributed by atoms with Crippen LogP contribution in [0.4, 0.5) is 0 Å². The fourth-order valence-corrected chi connectivity index (χ4v) is 2.79. The van der Waals surface area contributed by atoms with Gasteiger partial charge in [0.2, 0.25) is 0 Å². The Kier molecular flexibility index (Phi) is 3.85. The molecule has 0 fully saturated rings. The standard InChI is InChI=1S/C14H15NO3S/c1-9-10-6-4-5-7-11(10)19-13(9)14(17)18-8-12(16)15(2)3/h4-7H,8H2,1-3H3. The minimum Gasteiger partial charge on any atom is -0.451 e. The second kappa shape index (κ2) is 5.40. The Morgan fingerprint density at radius 1 is 1.26 bits per heavy atom. The van der Waals surface area contributed by atoms with E-state index in [9.17, 15) is 9.59 Å². The largest absolute Gasteiger partial charge is 0.451 e. The van der Waals surface area contributed by atoms with E-state index in [0.717, 1.165) is 15.6 Å². The summed E-state index contributed by atoms with van der Waals surface area (Å²) in [6.07, 6.45) is 0. The van der Waals surface area contributed by atoms with Crippen molar-refractivity contribution in [2.75, 3.05) is 20.7 Å². The van der Waals surface area contributed by atoms with Gasteiger partial charge >= 0.3 is 5.97 Å². The van der Waals surface area contributed by atoms with Crippen LogP contribution >= 0.6 is 11.3 Å². The van der Waals surface area contributed by atoms with Crippen LogP contribution in [0, 0.1) is 6.92 Å². The number of hydrogen-bond donors (Lipinski definition) is 0. The first kappa shape index (κ1) is 13.5. The summed E-state index contributed by atoms with van der Waals surface area (Å²) in [6.45, 7) is 1.67. The Morgan fingerprint density at radius 2 is 1.95 bits per heavy atom. The molecule has 1 aromatic carbocycles. The van der Waals surface area contributed by atoms with Crippen LogP contribution in [0.1, 0.15) is 15.2 Å². The van der Waals surface area contributed by atoms with Gasteiger partial charge < -0.3 is 9.64 Å². The topological polar surface area (TPSA) is 46.6 Å². The SMILES string of the molecule is Cc1c(C(=O)OCC(=O)N(C)C)sc2ccccc12. The van der Waals surface area contributed by atoms with Crippen molar-refractivity contribution in [1.29, 1.82) is 0 Å². The molecule has 0 aliphatic carbocycles. The number of carbonyl (C=O) groups is 2. The van der Waals surface area contributed by atoms with E-state index in [1.165, 1.54) is 16.2 Å². The number of carbonyl (C=O) groups excluding carboxylic acids is 2. The molecule has 0 bridgehead atoms. The fourth-order valence-electron chi connectivity index (χ4n) is 1.69. The molecule has 100 valence electrons. The molecule has 19 heavy (non-hydrogen) atoms. The highest BCUT2D eigenvalue weighted by atomic mass is 32.1. The summed E-state index contributed by atoms with van der Waals surface area (Å²) in [7, 11) is 3.25. The first-order valence-corrected chi connectivity index (χ1v) is 6.67. The van der Waals surface area contributed by atoms with Crippen molar-refractivity contribution in [2.24, 2.45) is 0 Å². The van der Waals surface area contributed by atoms with Crippen LogP contribution in [0.3, 0.4) is 0 Å². The molecule has 0 atom stereocenters. The number of aryl methyl sites for hydroxylation is 1. The quantitative estimate of drug-likeness (QED) is 0.810. The number of rotatable bonds is 3. The molecule has 4 nitrogen and oxygen atoms in total. The van der Waals surface area contributed by atoms with E-state index < -0.39 is 5.97 Å². The summed E-state index contributed by atoms with van der Waals surface area (Å²) in [4.78, 5) is 25.3. The molecule has 0 unspecified atom stereocenters. The minimum absolute atomic E-state index is 0.223. The number of benzene rings is 1. The Labute approximate surface area is 115 Å². The van der Waals surface area contributed by atoms with Crippen molar-refractivity contribution < 1.29 is 14.3 Å². The zero-order chi connectivity index (χ0) is 14.0. The molecule has 5 heteroatoms. The van der Waals surface area contributed by atoms with Crippen LogP contribution in [0.15, 0.2) is 24.3 Å². The molecular weight excluding hydrogens is 262 g/mol. The van der Waals surface area contributed by atoms with E-state index >= 15 is 0 Å². The normalized spacial score (nSPS) is 10.5. The summed E-state index contributed by atoms with van der Waals surface area (Å²) in [5.74, 6) is -0.666. The maximum Gasteiger partial charge on any atom is 0.349 e. The van der Waals surface area contributed by atoms with Gasteiger partial charge in [0.1, 0.15) is 4.88 Å². The predicted molar refractivity (Wildman–Crippen MR) is 75.5 cm³/mol. The third kappa shape index (κ3) is 2.76. The van der Waals surface area contributed by atoms with Gasteiger partial charge in [-0.25, -0.2) is 4.79 Å². The Balaban J connectivity index is 2.18. The van der Waals surface area contributed by atoms with E-state index in [2.05, 4.69) is 0 Å². The molecule has 0 aliphatic heterocycles. The maximum atomic E-state index is 12.0. The first-order valence-electron chi connectivity index (χ1n) is 5.86. The van der Waals surface area contributed by atoms with Gasteiger partial charge in [0.05, 0.1) is 0 Å². The van der Waals surface area contributed by atoms with Crippen molar-refractivity contribution in [1.82, 2.24) is 4.90 Å². The number of fused-ring (bicyclic) bond motifs is 1. The van der Waals surface area contributed by atoms with E-state index in [-0.39, 0.29) is 12.5 Å². The van der Waals surface area contributed by atoms with Gasteiger partial charge in [-0.1, -0.05) is 18.2 Å². The summed E-state index contributed by atoms with van der Waals surface area (Å²) in [5.41, 5.74) is 0.905. The lowest BCUT2D eigenvalue weighted by Crippen LogP contribution is -2.27.